The minimum Gasteiger partial charge on any atom is -0.330 e. The maximum atomic E-state index is 13.4. The molecule has 0 spiro atoms. The summed E-state index contributed by atoms with van der Waals surface area (Å²) in [6.07, 6.45) is 2.48. The summed E-state index contributed by atoms with van der Waals surface area (Å²) in [5, 5.41) is 0. The Morgan fingerprint density at radius 2 is 2.22 bits per heavy atom. The lowest BCUT2D eigenvalue weighted by Crippen LogP contribution is -2.03. The minimum atomic E-state index is -0.793. The largest absolute Gasteiger partial charge is 0.330 e. The van der Waals surface area contributed by atoms with Gasteiger partial charge in [0.15, 0.2) is 4.77 Å². The summed E-state index contributed by atoms with van der Waals surface area (Å²) in [7, 11) is -0.793. The van der Waals surface area contributed by atoms with Crippen molar-refractivity contribution in [1.82, 2.24) is 9.55 Å². The SMILES string of the molecule is Cc1cc2c(cc1F)[nH]c(=S)n2CCCS(C)=O. The summed E-state index contributed by atoms with van der Waals surface area (Å²) in [6, 6.07) is 3.26. The molecule has 1 aromatic carbocycles. The molecule has 3 nitrogen and oxygen atoms in total. The molecule has 6 heteroatoms. The first-order valence-corrected chi connectivity index (χ1v) is 7.81. The van der Waals surface area contributed by atoms with Gasteiger partial charge in [-0.15, -0.1) is 0 Å². The molecule has 2 aromatic rings. The Morgan fingerprint density at radius 1 is 1.50 bits per heavy atom. The number of fused-ring (bicyclic) bond motifs is 1. The van der Waals surface area contributed by atoms with E-state index in [0.717, 1.165) is 11.9 Å². The number of aromatic amines is 1. The Labute approximate surface area is 112 Å². The Kier molecular flexibility index (Phi) is 3.97. The Morgan fingerprint density at radius 3 is 2.89 bits per heavy atom. The van der Waals surface area contributed by atoms with Crippen LogP contribution in [-0.2, 0) is 17.3 Å². The van der Waals surface area contributed by atoms with Crippen LogP contribution in [0.4, 0.5) is 4.39 Å². The first-order chi connectivity index (χ1) is 8.49. The molecule has 18 heavy (non-hydrogen) atoms. The molecule has 2 rings (SSSR count). The van der Waals surface area contributed by atoms with Crippen molar-refractivity contribution in [3.8, 4) is 0 Å². The summed E-state index contributed by atoms with van der Waals surface area (Å²) >= 11 is 5.23. The van der Waals surface area contributed by atoms with E-state index in [4.69, 9.17) is 12.2 Å². The smallest absolute Gasteiger partial charge is 0.178 e. The van der Waals surface area contributed by atoms with E-state index in [1.54, 1.807) is 19.2 Å². The van der Waals surface area contributed by atoms with Gasteiger partial charge in [0.25, 0.3) is 0 Å². The van der Waals surface area contributed by atoms with Crippen LogP contribution in [-0.4, -0.2) is 25.8 Å². The maximum Gasteiger partial charge on any atom is 0.178 e. The van der Waals surface area contributed by atoms with Crippen LogP contribution in [0.5, 0.6) is 0 Å². The number of hydrogen-bond acceptors (Lipinski definition) is 2. The topological polar surface area (TPSA) is 37.8 Å². The standard InChI is InChI=1S/C12H15FN2OS2/c1-8-6-11-10(7-9(8)13)14-12(17)15(11)4-3-5-18(2)16/h6-7H,3-5H2,1-2H3,(H,14,17). The zero-order valence-corrected chi connectivity index (χ0v) is 12.0. The Hall–Kier alpha value is -1.01. The molecule has 1 atom stereocenters. The third kappa shape index (κ3) is 2.70. The van der Waals surface area contributed by atoms with Gasteiger partial charge in [-0.2, -0.15) is 0 Å². The lowest BCUT2D eigenvalue weighted by molar-refractivity contribution is 0.620. The van der Waals surface area contributed by atoms with E-state index >= 15 is 0 Å². The van der Waals surface area contributed by atoms with Gasteiger partial charge in [-0.05, 0) is 43.3 Å². The molecule has 1 N–H and O–H groups in total. The summed E-state index contributed by atoms with van der Waals surface area (Å²) in [4.78, 5) is 3.00. The van der Waals surface area contributed by atoms with Crippen LogP contribution in [0.3, 0.4) is 0 Å². The number of nitrogens with zero attached hydrogens (tertiary/aromatic N) is 1. The highest BCUT2D eigenvalue weighted by Gasteiger charge is 2.08. The van der Waals surface area contributed by atoms with Crippen LogP contribution in [0.15, 0.2) is 12.1 Å². The van der Waals surface area contributed by atoms with E-state index in [1.165, 1.54) is 6.07 Å². The monoisotopic (exact) mass is 286 g/mol. The molecule has 0 aliphatic heterocycles. The quantitative estimate of drug-likeness (QED) is 0.878. The van der Waals surface area contributed by atoms with Gasteiger partial charge in [-0.25, -0.2) is 4.39 Å². The maximum absolute atomic E-state index is 13.4. The van der Waals surface area contributed by atoms with Crippen LogP contribution in [0.25, 0.3) is 11.0 Å². The third-order valence-electron chi connectivity index (χ3n) is 2.87. The van der Waals surface area contributed by atoms with Crippen LogP contribution in [0.2, 0.25) is 0 Å². The van der Waals surface area contributed by atoms with E-state index in [1.807, 2.05) is 4.57 Å². The summed E-state index contributed by atoms with van der Waals surface area (Å²) < 4.78 is 27.0. The molecule has 1 unspecified atom stereocenters. The molecule has 0 saturated carbocycles. The van der Waals surface area contributed by atoms with Gasteiger partial charge in [-0.3, -0.25) is 4.21 Å². The van der Waals surface area contributed by atoms with Crippen molar-refractivity contribution in [1.29, 1.82) is 0 Å². The first kappa shape index (κ1) is 13.4. The normalized spacial score (nSPS) is 13.1. The molecule has 0 amide bonds. The number of H-pyrrole nitrogens is 1. The van der Waals surface area contributed by atoms with Crippen LogP contribution in [0, 0.1) is 17.5 Å². The molecule has 1 heterocycles. The second kappa shape index (κ2) is 5.32. The Balaban J connectivity index is 2.37. The van der Waals surface area contributed by atoms with E-state index in [9.17, 15) is 8.60 Å². The molecule has 98 valence electrons. The van der Waals surface area contributed by atoms with Gasteiger partial charge in [0.1, 0.15) is 5.82 Å². The van der Waals surface area contributed by atoms with Crippen molar-refractivity contribution in [3.63, 3.8) is 0 Å². The molecular weight excluding hydrogens is 271 g/mol. The second-order valence-corrected chi connectivity index (χ2v) is 6.27. The molecule has 0 aliphatic carbocycles. The van der Waals surface area contributed by atoms with Crippen molar-refractivity contribution in [2.24, 2.45) is 0 Å². The average molecular weight is 286 g/mol. The van der Waals surface area contributed by atoms with Crippen LogP contribution < -0.4 is 0 Å². The lowest BCUT2D eigenvalue weighted by atomic mass is 10.2. The van der Waals surface area contributed by atoms with Crippen molar-refractivity contribution < 1.29 is 8.60 Å². The number of hydrogen-bond donors (Lipinski definition) is 1. The predicted molar refractivity (Wildman–Crippen MR) is 75.4 cm³/mol. The minimum absolute atomic E-state index is 0.236. The Bertz CT molecular complexity index is 660. The van der Waals surface area contributed by atoms with E-state index in [2.05, 4.69) is 4.98 Å². The van der Waals surface area contributed by atoms with E-state index < -0.39 is 10.8 Å². The van der Waals surface area contributed by atoms with Crippen LogP contribution >= 0.6 is 12.2 Å². The highest BCUT2D eigenvalue weighted by atomic mass is 32.2. The lowest BCUT2D eigenvalue weighted by Gasteiger charge is -2.04. The second-order valence-electron chi connectivity index (χ2n) is 4.33. The van der Waals surface area contributed by atoms with Crippen molar-refractivity contribution >= 4 is 34.1 Å². The molecule has 1 aromatic heterocycles. The average Bonchev–Trinajstić information content (AvgIpc) is 2.56. The predicted octanol–water partition coefficient (Wildman–Crippen LogP) is 2.92. The van der Waals surface area contributed by atoms with Crippen LogP contribution in [0.1, 0.15) is 12.0 Å². The van der Waals surface area contributed by atoms with Crippen molar-refractivity contribution in [3.05, 3.63) is 28.3 Å². The van der Waals surface area contributed by atoms with E-state index in [0.29, 0.717) is 28.1 Å². The molecule has 0 aliphatic rings. The number of imidazole rings is 1. The summed E-state index contributed by atoms with van der Waals surface area (Å²) in [5.74, 6) is 0.412. The number of halogens is 1. The number of nitrogens with one attached hydrogen (secondary N) is 1. The zero-order valence-electron chi connectivity index (χ0n) is 10.3. The fraction of sp³-hybridized carbons (Fsp3) is 0.417. The summed E-state index contributed by atoms with van der Waals surface area (Å²) in [6.45, 7) is 2.43. The van der Waals surface area contributed by atoms with Crippen molar-refractivity contribution in [2.45, 2.75) is 19.9 Å². The molecule has 0 bridgehead atoms. The number of aromatic nitrogens is 2. The van der Waals surface area contributed by atoms with Gasteiger partial charge < -0.3 is 9.55 Å². The first-order valence-electron chi connectivity index (χ1n) is 5.67. The van der Waals surface area contributed by atoms with Gasteiger partial charge in [0.2, 0.25) is 0 Å². The van der Waals surface area contributed by atoms with Gasteiger partial charge in [-0.1, -0.05) is 0 Å². The number of benzene rings is 1. The number of aryl methyl sites for hydroxylation is 2. The highest BCUT2D eigenvalue weighted by Crippen LogP contribution is 2.19. The fourth-order valence-electron chi connectivity index (χ4n) is 1.93. The fourth-order valence-corrected chi connectivity index (χ4v) is 2.76. The number of rotatable bonds is 4. The van der Waals surface area contributed by atoms with Gasteiger partial charge in [0, 0.05) is 29.4 Å². The molecule has 0 saturated heterocycles. The zero-order chi connectivity index (χ0) is 13.3. The van der Waals surface area contributed by atoms with Gasteiger partial charge >= 0.3 is 0 Å². The van der Waals surface area contributed by atoms with E-state index in [-0.39, 0.29) is 5.82 Å². The molecule has 0 radical (unpaired) electrons. The summed E-state index contributed by atoms with van der Waals surface area (Å²) in [5.41, 5.74) is 2.21. The molecule has 0 fully saturated rings. The molecular formula is C12H15FN2OS2. The van der Waals surface area contributed by atoms with Crippen molar-refractivity contribution in [2.75, 3.05) is 12.0 Å². The third-order valence-corrected chi connectivity index (χ3v) is 4.05. The van der Waals surface area contributed by atoms with Gasteiger partial charge in [0.05, 0.1) is 11.0 Å². The highest BCUT2D eigenvalue weighted by molar-refractivity contribution is 7.84.